The average Bonchev–Trinajstić information content (AvgIpc) is 2.77. The Labute approximate surface area is 105 Å². The van der Waals surface area contributed by atoms with E-state index >= 15 is 0 Å². The fourth-order valence-electron chi connectivity index (χ4n) is 2.65. The summed E-state index contributed by atoms with van der Waals surface area (Å²) < 4.78 is 2.10. The molecule has 0 spiro atoms. The first-order chi connectivity index (χ1) is 7.79. The molecule has 0 bridgehead atoms. The Morgan fingerprint density at radius 1 is 1.38 bits per heavy atom. The fourth-order valence-corrected chi connectivity index (χ4v) is 3.39. The molecule has 1 aliphatic rings. The molecule has 0 aliphatic heterocycles. The second kappa shape index (κ2) is 5.05. The highest BCUT2D eigenvalue weighted by Gasteiger charge is 2.31. The van der Waals surface area contributed by atoms with Gasteiger partial charge >= 0.3 is 0 Å². The van der Waals surface area contributed by atoms with Crippen molar-refractivity contribution in [2.75, 3.05) is 5.33 Å². The zero-order valence-corrected chi connectivity index (χ0v) is 11.0. The monoisotopic (exact) mass is 280 g/mol. The van der Waals surface area contributed by atoms with Crippen LogP contribution in [0.3, 0.4) is 0 Å². The molecule has 1 heterocycles. The van der Waals surface area contributed by atoms with Gasteiger partial charge in [-0.25, -0.2) is 0 Å². The minimum atomic E-state index is 0.364. The third-order valence-corrected chi connectivity index (χ3v) is 4.84. The van der Waals surface area contributed by atoms with Crippen LogP contribution in [0.2, 0.25) is 0 Å². The van der Waals surface area contributed by atoms with E-state index in [-0.39, 0.29) is 0 Å². The van der Waals surface area contributed by atoms with Gasteiger partial charge in [-0.2, -0.15) is 5.26 Å². The van der Waals surface area contributed by atoms with Crippen molar-refractivity contribution in [1.29, 1.82) is 5.26 Å². The number of alkyl halides is 1. The molecule has 1 aliphatic carbocycles. The van der Waals surface area contributed by atoms with Gasteiger partial charge in [0, 0.05) is 18.1 Å². The maximum Gasteiger partial charge on any atom is 0.120 e. The SMILES string of the molecule is N#Cc1cccn1CC1(CBr)CCCCC1. The fraction of sp³-hybridized carbons (Fsp3) is 0.615. The third-order valence-electron chi connectivity index (χ3n) is 3.65. The molecule has 0 amide bonds. The first-order valence-corrected chi connectivity index (χ1v) is 7.03. The molecule has 2 nitrogen and oxygen atoms in total. The van der Waals surface area contributed by atoms with Gasteiger partial charge in [0.15, 0.2) is 0 Å². The van der Waals surface area contributed by atoms with Gasteiger partial charge in [0.1, 0.15) is 11.8 Å². The molecule has 0 aromatic carbocycles. The van der Waals surface area contributed by atoms with Crippen molar-refractivity contribution in [3.8, 4) is 6.07 Å². The molecule has 0 N–H and O–H groups in total. The maximum absolute atomic E-state index is 9.01. The van der Waals surface area contributed by atoms with Crippen LogP contribution in [0.25, 0.3) is 0 Å². The summed E-state index contributed by atoms with van der Waals surface area (Å²) in [6.45, 7) is 0.980. The van der Waals surface area contributed by atoms with Gasteiger partial charge in [-0.3, -0.25) is 0 Å². The van der Waals surface area contributed by atoms with Gasteiger partial charge in [0.05, 0.1) is 0 Å². The molecule has 1 aromatic rings. The molecule has 2 rings (SSSR count). The molecular weight excluding hydrogens is 264 g/mol. The standard InChI is InChI=1S/C13H17BrN2/c14-10-13(6-2-1-3-7-13)11-16-8-4-5-12(16)9-15/h4-5,8H,1-3,6-7,10-11H2. The molecule has 1 aromatic heterocycles. The molecule has 86 valence electrons. The summed E-state index contributed by atoms with van der Waals surface area (Å²) in [4.78, 5) is 0. The van der Waals surface area contributed by atoms with Crippen LogP contribution in [-0.2, 0) is 6.54 Å². The Kier molecular flexibility index (Phi) is 3.70. The number of nitrogens with zero attached hydrogens (tertiary/aromatic N) is 2. The Bertz CT molecular complexity index is 383. The quantitative estimate of drug-likeness (QED) is 0.776. The average molecular weight is 281 g/mol. The van der Waals surface area contributed by atoms with Crippen molar-refractivity contribution in [2.24, 2.45) is 5.41 Å². The highest BCUT2D eigenvalue weighted by atomic mass is 79.9. The lowest BCUT2D eigenvalue weighted by atomic mass is 9.75. The molecule has 3 heteroatoms. The zero-order chi connectivity index (χ0) is 11.4. The van der Waals surface area contributed by atoms with Crippen molar-refractivity contribution in [1.82, 2.24) is 4.57 Å². The summed E-state index contributed by atoms with van der Waals surface area (Å²) in [6.07, 6.45) is 8.61. The molecule has 0 unspecified atom stereocenters. The summed E-state index contributed by atoms with van der Waals surface area (Å²) in [6, 6.07) is 6.11. The summed E-state index contributed by atoms with van der Waals surface area (Å²) in [7, 11) is 0. The van der Waals surface area contributed by atoms with E-state index in [2.05, 4.69) is 26.6 Å². The van der Waals surface area contributed by atoms with Gasteiger partial charge in [-0.15, -0.1) is 0 Å². The highest BCUT2D eigenvalue weighted by Crippen LogP contribution is 2.39. The predicted octanol–water partition coefficient (Wildman–Crippen LogP) is 3.71. The largest absolute Gasteiger partial charge is 0.339 e. The normalized spacial score (nSPS) is 19.2. The van der Waals surface area contributed by atoms with Crippen LogP contribution in [0.15, 0.2) is 18.3 Å². The van der Waals surface area contributed by atoms with E-state index in [0.717, 1.165) is 17.6 Å². The molecule has 1 saturated carbocycles. The Morgan fingerprint density at radius 2 is 2.12 bits per heavy atom. The number of rotatable bonds is 3. The van der Waals surface area contributed by atoms with Gasteiger partial charge in [-0.05, 0) is 30.4 Å². The lowest BCUT2D eigenvalue weighted by Gasteiger charge is -2.36. The van der Waals surface area contributed by atoms with Gasteiger partial charge in [-0.1, -0.05) is 35.2 Å². The van der Waals surface area contributed by atoms with E-state index in [1.807, 2.05) is 18.3 Å². The first kappa shape index (κ1) is 11.7. The Morgan fingerprint density at radius 3 is 2.75 bits per heavy atom. The number of nitriles is 1. The van der Waals surface area contributed by atoms with Crippen LogP contribution in [0.4, 0.5) is 0 Å². The topological polar surface area (TPSA) is 28.7 Å². The molecule has 0 atom stereocenters. The highest BCUT2D eigenvalue weighted by molar-refractivity contribution is 9.09. The van der Waals surface area contributed by atoms with Crippen molar-refractivity contribution < 1.29 is 0 Å². The van der Waals surface area contributed by atoms with Gasteiger partial charge < -0.3 is 4.57 Å². The van der Waals surface area contributed by atoms with E-state index in [4.69, 9.17) is 5.26 Å². The third kappa shape index (κ3) is 2.32. The zero-order valence-electron chi connectivity index (χ0n) is 9.45. The van der Waals surface area contributed by atoms with E-state index in [1.165, 1.54) is 32.1 Å². The van der Waals surface area contributed by atoms with Crippen molar-refractivity contribution >= 4 is 15.9 Å². The maximum atomic E-state index is 9.01. The number of hydrogen-bond donors (Lipinski definition) is 0. The lowest BCUT2D eigenvalue weighted by molar-refractivity contribution is 0.191. The van der Waals surface area contributed by atoms with E-state index in [0.29, 0.717) is 5.41 Å². The van der Waals surface area contributed by atoms with Gasteiger partial charge in [0.25, 0.3) is 0 Å². The number of hydrogen-bond acceptors (Lipinski definition) is 1. The molecule has 16 heavy (non-hydrogen) atoms. The second-order valence-corrected chi connectivity index (χ2v) is 5.39. The minimum Gasteiger partial charge on any atom is -0.339 e. The Hall–Kier alpha value is -0.750. The van der Waals surface area contributed by atoms with Crippen LogP contribution >= 0.6 is 15.9 Å². The minimum absolute atomic E-state index is 0.364. The van der Waals surface area contributed by atoms with Gasteiger partial charge in [0.2, 0.25) is 0 Å². The molecular formula is C13H17BrN2. The summed E-state index contributed by atoms with van der Waals surface area (Å²) in [5.41, 5.74) is 1.15. The van der Waals surface area contributed by atoms with Crippen LogP contribution in [0.1, 0.15) is 37.8 Å². The Balaban J connectivity index is 2.15. The van der Waals surface area contributed by atoms with E-state index in [1.54, 1.807) is 0 Å². The summed E-state index contributed by atoms with van der Waals surface area (Å²) in [5, 5.41) is 10.1. The molecule has 1 fully saturated rings. The number of halogens is 1. The van der Waals surface area contributed by atoms with E-state index < -0.39 is 0 Å². The van der Waals surface area contributed by atoms with Crippen molar-refractivity contribution in [2.45, 2.75) is 38.6 Å². The van der Waals surface area contributed by atoms with Crippen LogP contribution < -0.4 is 0 Å². The van der Waals surface area contributed by atoms with Crippen molar-refractivity contribution in [3.63, 3.8) is 0 Å². The lowest BCUT2D eigenvalue weighted by Crippen LogP contribution is -2.31. The van der Waals surface area contributed by atoms with Crippen LogP contribution in [0, 0.1) is 16.7 Å². The predicted molar refractivity (Wildman–Crippen MR) is 68.5 cm³/mol. The second-order valence-electron chi connectivity index (χ2n) is 4.83. The first-order valence-electron chi connectivity index (χ1n) is 5.91. The smallest absolute Gasteiger partial charge is 0.120 e. The summed E-state index contributed by atoms with van der Waals surface area (Å²) in [5.74, 6) is 0. The van der Waals surface area contributed by atoms with E-state index in [9.17, 15) is 0 Å². The number of aromatic nitrogens is 1. The molecule has 0 saturated heterocycles. The van der Waals surface area contributed by atoms with Crippen LogP contribution in [-0.4, -0.2) is 9.90 Å². The summed E-state index contributed by atoms with van der Waals surface area (Å²) >= 11 is 3.66. The molecule has 0 radical (unpaired) electrons. The van der Waals surface area contributed by atoms with Crippen molar-refractivity contribution in [3.05, 3.63) is 24.0 Å². The van der Waals surface area contributed by atoms with Crippen LogP contribution in [0.5, 0.6) is 0 Å².